The molecule has 0 saturated heterocycles. The quantitative estimate of drug-likeness (QED) is 0.631. The predicted molar refractivity (Wildman–Crippen MR) is 96.7 cm³/mol. The van der Waals surface area contributed by atoms with E-state index in [0.717, 1.165) is 45.7 Å². The molecule has 1 N–H and O–H groups in total. The Balaban J connectivity index is 1.40. The maximum atomic E-state index is 12.4. The molecule has 1 aliphatic rings. The smallest absolute Gasteiger partial charge is 0.223 e. The molecule has 128 valence electrons. The molecule has 3 rings (SSSR count). The van der Waals surface area contributed by atoms with Gasteiger partial charge in [0.25, 0.3) is 0 Å². The van der Waals surface area contributed by atoms with Crippen molar-refractivity contribution in [3.8, 4) is 5.75 Å². The van der Waals surface area contributed by atoms with Gasteiger partial charge in [0.15, 0.2) is 4.34 Å². The highest BCUT2D eigenvalue weighted by Gasteiger charge is 2.23. The van der Waals surface area contributed by atoms with Gasteiger partial charge in [0.1, 0.15) is 10.8 Å². The Morgan fingerprint density at radius 2 is 2.29 bits per heavy atom. The fourth-order valence-electron chi connectivity index (χ4n) is 2.64. The lowest BCUT2D eigenvalue weighted by Gasteiger charge is -2.13. The SMILES string of the molecule is Cc1nnc(SCCCNC(=O)C2CCOc3ccccc3C2)s1. The van der Waals surface area contributed by atoms with Gasteiger partial charge in [-0.1, -0.05) is 41.3 Å². The molecule has 5 nitrogen and oxygen atoms in total. The molecule has 0 spiro atoms. The summed E-state index contributed by atoms with van der Waals surface area (Å²) in [6, 6.07) is 7.98. The maximum Gasteiger partial charge on any atom is 0.223 e. The Morgan fingerprint density at radius 1 is 1.42 bits per heavy atom. The third kappa shape index (κ3) is 4.70. The number of ether oxygens (including phenoxy) is 1. The van der Waals surface area contributed by atoms with Crippen LogP contribution in [0.15, 0.2) is 28.6 Å². The fraction of sp³-hybridized carbons (Fsp3) is 0.471. The van der Waals surface area contributed by atoms with Gasteiger partial charge in [0.2, 0.25) is 5.91 Å². The van der Waals surface area contributed by atoms with Crippen LogP contribution in [-0.4, -0.2) is 35.0 Å². The van der Waals surface area contributed by atoms with E-state index in [9.17, 15) is 4.79 Å². The van der Waals surface area contributed by atoms with E-state index < -0.39 is 0 Å². The molecule has 0 radical (unpaired) electrons. The molecule has 0 fully saturated rings. The van der Waals surface area contributed by atoms with Crippen molar-refractivity contribution >= 4 is 29.0 Å². The van der Waals surface area contributed by atoms with Gasteiger partial charge in [-0.2, -0.15) is 0 Å². The summed E-state index contributed by atoms with van der Waals surface area (Å²) in [6.07, 6.45) is 2.44. The van der Waals surface area contributed by atoms with Crippen molar-refractivity contribution in [1.82, 2.24) is 15.5 Å². The lowest BCUT2D eigenvalue weighted by Crippen LogP contribution is -2.33. The van der Waals surface area contributed by atoms with Gasteiger partial charge in [-0.05, 0) is 37.8 Å². The van der Waals surface area contributed by atoms with Crippen molar-refractivity contribution in [3.05, 3.63) is 34.8 Å². The summed E-state index contributed by atoms with van der Waals surface area (Å²) in [5, 5.41) is 12.1. The summed E-state index contributed by atoms with van der Waals surface area (Å²) in [5.41, 5.74) is 1.12. The summed E-state index contributed by atoms with van der Waals surface area (Å²) >= 11 is 3.31. The minimum atomic E-state index is -0.00730. The standard InChI is InChI=1S/C17H21N3O2S2/c1-12-19-20-17(24-12)23-10-4-8-18-16(21)14-7-9-22-15-6-3-2-5-13(15)11-14/h2-3,5-6,14H,4,7-11H2,1H3,(H,18,21). The zero-order chi connectivity index (χ0) is 16.8. The largest absolute Gasteiger partial charge is 0.493 e. The Kier molecular flexibility index (Phi) is 6.09. The van der Waals surface area contributed by atoms with Crippen LogP contribution in [-0.2, 0) is 11.2 Å². The van der Waals surface area contributed by atoms with Crippen LogP contribution in [0.3, 0.4) is 0 Å². The molecule has 1 aliphatic heterocycles. The second-order valence-corrected chi connectivity index (χ2v) is 8.25. The van der Waals surface area contributed by atoms with Gasteiger partial charge in [-0.25, -0.2) is 0 Å². The van der Waals surface area contributed by atoms with Crippen LogP contribution < -0.4 is 10.1 Å². The van der Waals surface area contributed by atoms with E-state index in [-0.39, 0.29) is 11.8 Å². The number of fused-ring (bicyclic) bond motifs is 1. The van der Waals surface area contributed by atoms with E-state index in [2.05, 4.69) is 15.5 Å². The molecule has 2 heterocycles. The lowest BCUT2D eigenvalue weighted by atomic mass is 9.96. The van der Waals surface area contributed by atoms with Gasteiger partial charge < -0.3 is 10.1 Å². The number of rotatable bonds is 6. The molecule has 0 saturated carbocycles. The Morgan fingerprint density at radius 3 is 3.12 bits per heavy atom. The number of carbonyl (C=O) groups excluding carboxylic acids is 1. The third-order valence-corrected chi connectivity index (χ3v) is 5.95. The first-order chi connectivity index (χ1) is 11.7. The number of hydrogen-bond donors (Lipinski definition) is 1. The zero-order valence-corrected chi connectivity index (χ0v) is 15.3. The number of thioether (sulfide) groups is 1. The highest BCUT2D eigenvalue weighted by Crippen LogP contribution is 2.26. The topological polar surface area (TPSA) is 64.1 Å². The van der Waals surface area contributed by atoms with Crippen LogP contribution in [0.5, 0.6) is 5.75 Å². The highest BCUT2D eigenvalue weighted by molar-refractivity contribution is 8.01. The Bertz CT molecular complexity index is 690. The van der Waals surface area contributed by atoms with E-state index in [1.165, 1.54) is 0 Å². The van der Waals surface area contributed by atoms with Crippen molar-refractivity contribution < 1.29 is 9.53 Å². The third-order valence-electron chi connectivity index (χ3n) is 3.89. The van der Waals surface area contributed by atoms with Gasteiger partial charge in [0.05, 0.1) is 6.61 Å². The summed E-state index contributed by atoms with van der Waals surface area (Å²) in [7, 11) is 0. The average molecular weight is 364 g/mol. The molecule has 24 heavy (non-hydrogen) atoms. The molecule has 0 bridgehead atoms. The molecule has 1 aromatic heterocycles. The van der Waals surface area contributed by atoms with Crippen LogP contribution in [0.2, 0.25) is 0 Å². The zero-order valence-electron chi connectivity index (χ0n) is 13.7. The second-order valence-electron chi connectivity index (χ2n) is 5.73. The molecule has 1 amide bonds. The van der Waals surface area contributed by atoms with E-state index in [1.54, 1.807) is 23.1 Å². The van der Waals surface area contributed by atoms with Gasteiger partial charge >= 0.3 is 0 Å². The molecule has 7 heteroatoms. The number of carbonyl (C=O) groups is 1. The van der Waals surface area contributed by atoms with Crippen LogP contribution in [0.4, 0.5) is 0 Å². The summed E-state index contributed by atoms with van der Waals surface area (Å²) in [6.45, 7) is 3.25. The van der Waals surface area contributed by atoms with Crippen molar-refractivity contribution in [2.45, 2.75) is 30.5 Å². The number of aromatic nitrogens is 2. The summed E-state index contributed by atoms with van der Waals surface area (Å²) < 4.78 is 6.72. The van der Waals surface area contributed by atoms with Crippen LogP contribution in [0.25, 0.3) is 0 Å². The number of nitrogens with zero attached hydrogens (tertiary/aromatic N) is 2. The van der Waals surface area contributed by atoms with Crippen molar-refractivity contribution in [2.75, 3.05) is 18.9 Å². The van der Waals surface area contributed by atoms with E-state index in [1.807, 2.05) is 31.2 Å². The molecule has 1 unspecified atom stereocenters. The predicted octanol–water partition coefficient (Wildman–Crippen LogP) is 3.09. The summed E-state index contributed by atoms with van der Waals surface area (Å²) in [4.78, 5) is 12.4. The molecule has 2 aromatic rings. The first-order valence-electron chi connectivity index (χ1n) is 8.13. The van der Waals surface area contributed by atoms with Crippen LogP contribution >= 0.6 is 23.1 Å². The van der Waals surface area contributed by atoms with Gasteiger partial charge in [0, 0.05) is 18.2 Å². The minimum absolute atomic E-state index is 0.00730. The number of aryl methyl sites for hydroxylation is 1. The first kappa shape index (κ1) is 17.2. The normalized spacial score (nSPS) is 16.8. The molecular formula is C17H21N3O2S2. The highest BCUT2D eigenvalue weighted by atomic mass is 32.2. The van der Waals surface area contributed by atoms with Crippen molar-refractivity contribution in [1.29, 1.82) is 0 Å². The molecule has 1 aromatic carbocycles. The first-order valence-corrected chi connectivity index (χ1v) is 9.94. The monoisotopic (exact) mass is 363 g/mol. The van der Waals surface area contributed by atoms with E-state index >= 15 is 0 Å². The number of para-hydroxylation sites is 1. The maximum absolute atomic E-state index is 12.4. The number of benzene rings is 1. The van der Waals surface area contributed by atoms with Crippen LogP contribution in [0, 0.1) is 12.8 Å². The van der Waals surface area contributed by atoms with Crippen LogP contribution in [0.1, 0.15) is 23.4 Å². The Labute approximate surface area is 150 Å². The van der Waals surface area contributed by atoms with Gasteiger partial charge in [-0.15, -0.1) is 10.2 Å². The minimum Gasteiger partial charge on any atom is -0.493 e. The molecule has 0 aliphatic carbocycles. The second kappa shape index (κ2) is 8.48. The Hall–Kier alpha value is -1.60. The van der Waals surface area contributed by atoms with E-state index in [0.29, 0.717) is 13.2 Å². The molecule has 1 atom stereocenters. The number of nitrogens with one attached hydrogen (secondary N) is 1. The lowest BCUT2D eigenvalue weighted by molar-refractivity contribution is -0.125. The number of amides is 1. The van der Waals surface area contributed by atoms with Crippen molar-refractivity contribution in [3.63, 3.8) is 0 Å². The van der Waals surface area contributed by atoms with Crippen molar-refractivity contribution in [2.24, 2.45) is 5.92 Å². The fourth-order valence-corrected chi connectivity index (χ4v) is 4.47. The van der Waals surface area contributed by atoms with E-state index in [4.69, 9.17) is 4.74 Å². The average Bonchev–Trinajstić information content (AvgIpc) is 2.88. The van der Waals surface area contributed by atoms with Gasteiger partial charge in [-0.3, -0.25) is 4.79 Å². The summed E-state index contributed by atoms with van der Waals surface area (Å²) in [5.74, 6) is 1.97. The number of hydrogen-bond acceptors (Lipinski definition) is 6. The molecular weight excluding hydrogens is 342 g/mol.